The maximum atomic E-state index is 12.2. The fourth-order valence-electron chi connectivity index (χ4n) is 3.17. The summed E-state index contributed by atoms with van der Waals surface area (Å²) in [6, 6.07) is 6.65. The van der Waals surface area contributed by atoms with Crippen LogP contribution in [0.3, 0.4) is 0 Å². The number of carbonyl (C=O) groups excluding carboxylic acids is 1. The Morgan fingerprint density at radius 3 is 2.78 bits per heavy atom. The van der Waals surface area contributed by atoms with E-state index in [1.54, 1.807) is 0 Å². The molecule has 0 radical (unpaired) electrons. The average Bonchev–Trinajstić information content (AvgIpc) is 2.79. The Balaban J connectivity index is 1.63. The summed E-state index contributed by atoms with van der Waals surface area (Å²) in [6.45, 7) is 10.1. The number of nitrogens with one attached hydrogen (secondary N) is 1. The average molecular weight is 317 g/mol. The van der Waals surface area contributed by atoms with Crippen molar-refractivity contribution < 1.29 is 9.53 Å². The molecule has 2 aliphatic heterocycles. The lowest BCUT2D eigenvalue weighted by Gasteiger charge is -2.27. The zero-order chi connectivity index (χ0) is 16.4. The second-order valence-electron chi connectivity index (χ2n) is 7.33. The number of fused-ring (bicyclic) bond motifs is 1. The first-order valence-electron chi connectivity index (χ1n) is 8.52. The molecule has 3 rings (SSSR count). The van der Waals surface area contributed by atoms with E-state index in [-0.39, 0.29) is 6.09 Å². The van der Waals surface area contributed by atoms with Gasteiger partial charge in [-0.1, -0.05) is 0 Å². The summed E-state index contributed by atoms with van der Waals surface area (Å²) >= 11 is 0. The predicted octanol–water partition coefficient (Wildman–Crippen LogP) is 3.10. The summed E-state index contributed by atoms with van der Waals surface area (Å²) in [7, 11) is 0. The van der Waals surface area contributed by atoms with Crippen molar-refractivity contribution in [1.82, 2.24) is 4.90 Å². The molecule has 0 unspecified atom stereocenters. The van der Waals surface area contributed by atoms with Crippen LogP contribution in [0.5, 0.6) is 0 Å². The minimum absolute atomic E-state index is 0.197. The fourth-order valence-corrected chi connectivity index (χ4v) is 3.17. The van der Waals surface area contributed by atoms with E-state index in [1.807, 2.05) is 25.7 Å². The number of benzene rings is 1. The maximum absolute atomic E-state index is 12.2. The normalized spacial score (nSPS) is 18.2. The van der Waals surface area contributed by atoms with E-state index in [0.29, 0.717) is 6.54 Å². The molecule has 0 bridgehead atoms. The van der Waals surface area contributed by atoms with Crippen LogP contribution in [-0.2, 0) is 11.2 Å². The second-order valence-corrected chi connectivity index (χ2v) is 7.33. The first-order valence-corrected chi connectivity index (χ1v) is 8.52. The van der Waals surface area contributed by atoms with Gasteiger partial charge in [0.1, 0.15) is 5.60 Å². The van der Waals surface area contributed by atoms with E-state index in [9.17, 15) is 4.79 Å². The van der Waals surface area contributed by atoms with Gasteiger partial charge in [-0.25, -0.2) is 4.79 Å². The van der Waals surface area contributed by atoms with E-state index < -0.39 is 5.60 Å². The number of anilines is 2. The lowest BCUT2D eigenvalue weighted by atomic mass is 10.1. The van der Waals surface area contributed by atoms with Crippen LogP contribution in [-0.4, -0.2) is 49.3 Å². The topological polar surface area (TPSA) is 44.8 Å². The van der Waals surface area contributed by atoms with Crippen LogP contribution in [0.2, 0.25) is 0 Å². The zero-order valence-electron chi connectivity index (χ0n) is 14.4. The van der Waals surface area contributed by atoms with Crippen LogP contribution in [0.4, 0.5) is 16.2 Å². The van der Waals surface area contributed by atoms with Crippen LogP contribution in [0.25, 0.3) is 0 Å². The van der Waals surface area contributed by atoms with Gasteiger partial charge in [-0.2, -0.15) is 0 Å². The highest BCUT2D eigenvalue weighted by atomic mass is 16.6. The van der Waals surface area contributed by atoms with Crippen molar-refractivity contribution in [1.29, 1.82) is 0 Å². The zero-order valence-corrected chi connectivity index (χ0v) is 14.4. The third-order valence-corrected chi connectivity index (χ3v) is 4.31. The molecule has 1 aromatic carbocycles. The van der Waals surface area contributed by atoms with Gasteiger partial charge in [0.05, 0.1) is 0 Å². The molecule has 23 heavy (non-hydrogen) atoms. The molecule has 5 nitrogen and oxygen atoms in total. The highest BCUT2D eigenvalue weighted by Gasteiger charge is 2.24. The maximum Gasteiger partial charge on any atom is 0.410 e. The lowest BCUT2D eigenvalue weighted by Crippen LogP contribution is -2.39. The number of carbonyl (C=O) groups is 1. The fraction of sp³-hybridized carbons (Fsp3) is 0.611. The Bertz CT molecular complexity index is 580. The Kier molecular flexibility index (Phi) is 4.37. The molecule has 5 heteroatoms. The van der Waals surface area contributed by atoms with Crippen molar-refractivity contribution in [2.24, 2.45) is 0 Å². The smallest absolute Gasteiger partial charge is 0.410 e. The second kappa shape index (κ2) is 6.30. The number of rotatable bonds is 1. The van der Waals surface area contributed by atoms with Gasteiger partial charge in [-0.15, -0.1) is 0 Å². The number of hydrogen-bond acceptors (Lipinski definition) is 4. The highest BCUT2D eigenvalue weighted by Crippen LogP contribution is 2.28. The SMILES string of the molecule is CC(C)(C)OC(=O)N1CCCN(c2ccc3c(c2)CCN3)CC1. The molecule has 2 aliphatic rings. The summed E-state index contributed by atoms with van der Waals surface area (Å²) < 4.78 is 5.49. The van der Waals surface area contributed by atoms with E-state index in [2.05, 4.69) is 28.4 Å². The molecular formula is C18H27N3O2. The summed E-state index contributed by atoms with van der Waals surface area (Å²) in [5.74, 6) is 0. The number of ether oxygens (including phenoxy) is 1. The van der Waals surface area contributed by atoms with Crippen molar-refractivity contribution in [2.75, 3.05) is 42.9 Å². The van der Waals surface area contributed by atoms with Crippen LogP contribution < -0.4 is 10.2 Å². The molecule has 1 fully saturated rings. The summed E-state index contributed by atoms with van der Waals surface area (Å²) in [5.41, 5.74) is 3.49. The molecular weight excluding hydrogens is 290 g/mol. The van der Waals surface area contributed by atoms with Gasteiger partial charge in [0.2, 0.25) is 0 Å². The van der Waals surface area contributed by atoms with Crippen molar-refractivity contribution in [2.45, 2.75) is 39.2 Å². The molecule has 0 atom stereocenters. The van der Waals surface area contributed by atoms with Crippen LogP contribution in [0.1, 0.15) is 32.8 Å². The summed E-state index contributed by atoms with van der Waals surface area (Å²) in [6.07, 6.45) is 1.87. The number of nitrogens with zero attached hydrogens (tertiary/aromatic N) is 2. The first kappa shape index (κ1) is 16.0. The van der Waals surface area contributed by atoms with Crippen molar-refractivity contribution in [3.63, 3.8) is 0 Å². The van der Waals surface area contributed by atoms with Gasteiger partial charge >= 0.3 is 6.09 Å². The van der Waals surface area contributed by atoms with Crippen molar-refractivity contribution >= 4 is 17.5 Å². The predicted molar refractivity (Wildman–Crippen MR) is 93.3 cm³/mol. The van der Waals surface area contributed by atoms with Gasteiger partial charge in [-0.3, -0.25) is 0 Å². The molecule has 0 aliphatic carbocycles. The Morgan fingerprint density at radius 1 is 1.17 bits per heavy atom. The van der Waals surface area contributed by atoms with E-state index in [4.69, 9.17) is 4.74 Å². The van der Waals surface area contributed by atoms with E-state index in [0.717, 1.165) is 39.0 Å². The Morgan fingerprint density at radius 2 is 2.00 bits per heavy atom. The highest BCUT2D eigenvalue weighted by molar-refractivity contribution is 5.68. The molecule has 2 heterocycles. The quantitative estimate of drug-likeness (QED) is 0.864. The molecule has 1 N–H and O–H groups in total. The lowest BCUT2D eigenvalue weighted by molar-refractivity contribution is 0.0263. The van der Waals surface area contributed by atoms with Crippen LogP contribution in [0.15, 0.2) is 18.2 Å². The molecule has 1 aromatic rings. The largest absolute Gasteiger partial charge is 0.444 e. The third kappa shape index (κ3) is 3.89. The molecule has 0 saturated carbocycles. The van der Waals surface area contributed by atoms with Crippen molar-refractivity contribution in [3.8, 4) is 0 Å². The molecule has 0 spiro atoms. The molecule has 1 amide bonds. The van der Waals surface area contributed by atoms with Crippen LogP contribution in [0, 0.1) is 0 Å². The number of hydrogen-bond donors (Lipinski definition) is 1. The van der Waals surface area contributed by atoms with Gasteiger partial charge in [-0.05, 0) is 57.4 Å². The summed E-state index contributed by atoms with van der Waals surface area (Å²) in [5, 5.41) is 3.40. The van der Waals surface area contributed by atoms with E-state index >= 15 is 0 Å². The van der Waals surface area contributed by atoms with Gasteiger partial charge in [0, 0.05) is 44.1 Å². The third-order valence-electron chi connectivity index (χ3n) is 4.31. The van der Waals surface area contributed by atoms with E-state index in [1.165, 1.54) is 16.9 Å². The van der Waals surface area contributed by atoms with Crippen molar-refractivity contribution in [3.05, 3.63) is 23.8 Å². The Labute approximate surface area is 138 Å². The number of amides is 1. The molecule has 126 valence electrons. The summed E-state index contributed by atoms with van der Waals surface area (Å²) in [4.78, 5) is 16.5. The first-order chi connectivity index (χ1) is 10.9. The minimum Gasteiger partial charge on any atom is -0.444 e. The molecule has 1 saturated heterocycles. The van der Waals surface area contributed by atoms with Gasteiger partial charge in [0.25, 0.3) is 0 Å². The van der Waals surface area contributed by atoms with Crippen LogP contribution >= 0.6 is 0 Å². The monoisotopic (exact) mass is 317 g/mol. The van der Waals surface area contributed by atoms with Gasteiger partial charge in [0.15, 0.2) is 0 Å². The minimum atomic E-state index is -0.434. The Hall–Kier alpha value is -1.91. The molecule has 0 aromatic heterocycles. The standard InChI is InChI=1S/C18H27N3O2/c1-18(2,3)23-17(22)21-10-4-9-20(11-12-21)15-5-6-16-14(13-15)7-8-19-16/h5-6,13,19H,4,7-12H2,1-3H3. The van der Waals surface area contributed by atoms with Gasteiger partial charge < -0.3 is 19.9 Å².